The number of hydrogen-bond donors (Lipinski definition) is 2. The number of carboxylic acid groups (broad SMARTS) is 1. The van der Waals surface area contributed by atoms with Gasteiger partial charge in [0.25, 0.3) is 5.91 Å². The Morgan fingerprint density at radius 1 is 1.62 bits per heavy atom. The average Bonchev–Trinajstić information content (AvgIpc) is 2.81. The fraction of sp³-hybridized carbons (Fsp3) is 0.444. The number of nitrogens with one attached hydrogen (secondary N) is 1. The molecule has 1 aromatic heterocycles. The third kappa shape index (κ3) is 2.04. The van der Waals surface area contributed by atoms with Crippen LogP contribution in [-0.2, 0) is 4.79 Å². The van der Waals surface area contributed by atoms with Crippen LogP contribution in [0.2, 0.25) is 0 Å². The zero-order valence-electron chi connectivity index (χ0n) is 8.42. The summed E-state index contributed by atoms with van der Waals surface area (Å²) >= 11 is 1.55. The van der Waals surface area contributed by atoms with Crippen molar-refractivity contribution in [2.75, 3.05) is 18.1 Å². The van der Waals surface area contributed by atoms with Gasteiger partial charge in [0.2, 0.25) is 0 Å². The van der Waals surface area contributed by atoms with Crippen LogP contribution in [0.25, 0.3) is 0 Å². The predicted octanol–water partition coefficient (Wildman–Crippen LogP) is 0.0519. The van der Waals surface area contributed by atoms with E-state index in [4.69, 9.17) is 5.11 Å². The lowest BCUT2D eigenvalue weighted by atomic mass is 10.2. The van der Waals surface area contributed by atoms with Gasteiger partial charge in [0.05, 0.1) is 11.8 Å². The molecule has 0 aromatic carbocycles. The minimum Gasteiger partial charge on any atom is -0.480 e. The highest BCUT2D eigenvalue weighted by Gasteiger charge is 2.33. The molecule has 1 aliphatic heterocycles. The second-order valence-electron chi connectivity index (χ2n) is 3.41. The average molecular weight is 241 g/mol. The van der Waals surface area contributed by atoms with Crippen molar-refractivity contribution in [3.05, 3.63) is 18.0 Å². The van der Waals surface area contributed by atoms with Crippen LogP contribution in [0.4, 0.5) is 0 Å². The van der Waals surface area contributed by atoms with Crippen molar-refractivity contribution in [3.8, 4) is 0 Å². The number of H-pyrrole nitrogens is 1. The Hall–Kier alpha value is -1.50. The number of aliphatic carboxylic acids is 1. The molecule has 0 bridgehead atoms. The lowest BCUT2D eigenvalue weighted by Crippen LogP contribution is -2.50. The van der Waals surface area contributed by atoms with Gasteiger partial charge in [-0.05, 0) is 0 Å². The molecule has 2 N–H and O–H groups in total. The van der Waals surface area contributed by atoms with Gasteiger partial charge in [-0.15, -0.1) is 0 Å². The zero-order chi connectivity index (χ0) is 11.5. The summed E-state index contributed by atoms with van der Waals surface area (Å²) in [7, 11) is 0. The van der Waals surface area contributed by atoms with E-state index in [1.54, 1.807) is 11.8 Å². The van der Waals surface area contributed by atoms with Gasteiger partial charge in [0.1, 0.15) is 6.04 Å². The molecule has 1 saturated heterocycles. The van der Waals surface area contributed by atoms with Gasteiger partial charge in [-0.1, -0.05) is 0 Å². The van der Waals surface area contributed by atoms with Crippen LogP contribution < -0.4 is 0 Å². The molecule has 1 atom stereocenters. The summed E-state index contributed by atoms with van der Waals surface area (Å²) in [6.07, 6.45) is 2.88. The van der Waals surface area contributed by atoms with E-state index in [1.165, 1.54) is 17.3 Å². The number of aromatic amines is 1. The van der Waals surface area contributed by atoms with Crippen LogP contribution in [0.5, 0.6) is 0 Å². The van der Waals surface area contributed by atoms with Gasteiger partial charge in [-0.2, -0.15) is 16.9 Å². The van der Waals surface area contributed by atoms with Crippen LogP contribution in [0, 0.1) is 0 Å². The summed E-state index contributed by atoms with van der Waals surface area (Å²) in [5.41, 5.74) is 0.401. The maximum Gasteiger partial charge on any atom is 0.327 e. The second kappa shape index (κ2) is 4.56. The first-order chi connectivity index (χ1) is 7.70. The lowest BCUT2D eigenvalue weighted by molar-refractivity contribution is -0.141. The molecule has 0 spiro atoms. The molecule has 6 nitrogen and oxygen atoms in total. The van der Waals surface area contributed by atoms with Gasteiger partial charge in [0, 0.05) is 24.2 Å². The smallest absolute Gasteiger partial charge is 0.327 e. The summed E-state index contributed by atoms with van der Waals surface area (Å²) in [4.78, 5) is 24.4. The number of hydrogen-bond acceptors (Lipinski definition) is 4. The predicted molar refractivity (Wildman–Crippen MR) is 58.4 cm³/mol. The monoisotopic (exact) mass is 241 g/mol. The topological polar surface area (TPSA) is 86.3 Å². The minimum atomic E-state index is -0.955. The normalized spacial score (nSPS) is 20.8. The summed E-state index contributed by atoms with van der Waals surface area (Å²) in [5, 5.41) is 15.3. The third-order valence-corrected chi connectivity index (χ3v) is 3.44. The van der Waals surface area contributed by atoms with Crippen molar-refractivity contribution in [1.82, 2.24) is 15.1 Å². The fourth-order valence-electron chi connectivity index (χ4n) is 1.59. The Morgan fingerprint density at radius 3 is 3.06 bits per heavy atom. The molecule has 2 rings (SSSR count). The fourth-order valence-corrected chi connectivity index (χ4v) is 2.62. The van der Waals surface area contributed by atoms with E-state index in [0.717, 1.165) is 5.75 Å². The van der Waals surface area contributed by atoms with E-state index in [0.29, 0.717) is 17.9 Å². The van der Waals surface area contributed by atoms with Crippen molar-refractivity contribution in [2.24, 2.45) is 0 Å². The molecule has 1 amide bonds. The van der Waals surface area contributed by atoms with Crippen molar-refractivity contribution >= 4 is 23.6 Å². The lowest BCUT2D eigenvalue weighted by Gasteiger charge is -2.32. The number of rotatable bonds is 2. The minimum absolute atomic E-state index is 0.276. The van der Waals surface area contributed by atoms with Crippen LogP contribution in [0.15, 0.2) is 12.4 Å². The zero-order valence-corrected chi connectivity index (χ0v) is 9.24. The van der Waals surface area contributed by atoms with Crippen molar-refractivity contribution in [1.29, 1.82) is 0 Å². The summed E-state index contributed by atoms with van der Waals surface area (Å²) in [6, 6.07) is -0.735. The number of thioether (sulfide) groups is 1. The maximum atomic E-state index is 12.0. The van der Waals surface area contributed by atoms with E-state index >= 15 is 0 Å². The Bertz CT molecular complexity index is 393. The summed E-state index contributed by atoms with van der Waals surface area (Å²) in [6.45, 7) is 0.464. The number of amides is 1. The first-order valence-electron chi connectivity index (χ1n) is 4.80. The molecule has 2 heterocycles. The standard InChI is InChI=1S/C9H11N3O3S/c13-8(6-3-10-11-4-6)12-1-2-16-5-7(12)9(14)15/h3-4,7H,1-2,5H2,(H,10,11)(H,14,15). The van der Waals surface area contributed by atoms with Gasteiger partial charge in [0.15, 0.2) is 0 Å². The van der Waals surface area contributed by atoms with Gasteiger partial charge < -0.3 is 10.0 Å². The van der Waals surface area contributed by atoms with Gasteiger partial charge in [-0.3, -0.25) is 9.89 Å². The highest BCUT2D eigenvalue weighted by atomic mass is 32.2. The quantitative estimate of drug-likeness (QED) is 0.764. The van der Waals surface area contributed by atoms with E-state index in [2.05, 4.69) is 10.2 Å². The maximum absolute atomic E-state index is 12.0. The molecule has 0 saturated carbocycles. The molecule has 16 heavy (non-hydrogen) atoms. The van der Waals surface area contributed by atoms with Crippen molar-refractivity contribution < 1.29 is 14.7 Å². The third-order valence-electron chi connectivity index (χ3n) is 2.42. The molecule has 7 heteroatoms. The number of nitrogens with zero attached hydrogens (tertiary/aromatic N) is 2. The summed E-state index contributed by atoms with van der Waals surface area (Å²) < 4.78 is 0. The molecular weight excluding hydrogens is 230 g/mol. The summed E-state index contributed by atoms with van der Waals surface area (Å²) in [5.74, 6) is -0.0164. The van der Waals surface area contributed by atoms with E-state index < -0.39 is 12.0 Å². The Balaban J connectivity index is 2.17. The first-order valence-corrected chi connectivity index (χ1v) is 5.96. The molecule has 1 fully saturated rings. The Morgan fingerprint density at radius 2 is 2.44 bits per heavy atom. The number of carbonyl (C=O) groups is 2. The molecule has 86 valence electrons. The number of carbonyl (C=O) groups excluding carboxylic acids is 1. The second-order valence-corrected chi connectivity index (χ2v) is 4.56. The molecule has 1 unspecified atom stereocenters. The molecule has 1 aromatic rings. The van der Waals surface area contributed by atoms with Crippen LogP contribution in [0.3, 0.4) is 0 Å². The molecule has 0 radical (unpaired) electrons. The molecular formula is C9H11N3O3S. The molecule has 0 aliphatic carbocycles. The SMILES string of the molecule is O=C(O)C1CSCCN1C(=O)c1cn[nH]c1. The van der Waals surface area contributed by atoms with Crippen molar-refractivity contribution in [3.63, 3.8) is 0 Å². The highest BCUT2D eigenvalue weighted by Crippen LogP contribution is 2.18. The Labute approximate surface area is 96.0 Å². The van der Waals surface area contributed by atoms with Crippen molar-refractivity contribution in [2.45, 2.75) is 6.04 Å². The van der Waals surface area contributed by atoms with E-state index in [9.17, 15) is 9.59 Å². The largest absolute Gasteiger partial charge is 0.480 e. The van der Waals surface area contributed by atoms with Gasteiger partial charge in [-0.25, -0.2) is 4.79 Å². The van der Waals surface area contributed by atoms with Crippen LogP contribution in [0.1, 0.15) is 10.4 Å². The van der Waals surface area contributed by atoms with Gasteiger partial charge >= 0.3 is 5.97 Å². The van der Waals surface area contributed by atoms with Crippen LogP contribution in [-0.4, -0.2) is 56.2 Å². The van der Waals surface area contributed by atoms with E-state index in [1.807, 2.05) is 0 Å². The number of carboxylic acids is 1. The Kier molecular flexibility index (Phi) is 3.14. The molecule has 1 aliphatic rings. The van der Waals surface area contributed by atoms with Crippen LogP contribution >= 0.6 is 11.8 Å². The van der Waals surface area contributed by atoms with E-state index in [-0.39, 0.29) is 5.91 Å². The number of aromatic nitrogens is 2. The first kappa shape index (κ1) is 11.0. The highest BCUT2D eigenvalue weighted by molar-refractivity contribution is 7.99.